The molecule has 6 heteroatoms. The van der Waals surface area contributed by atoms with Crippen LogP contribution in [0.25, 0.3) is 0 Å². The first kappa shape index (κ1) is 14.5. The van der Waals surface area contributed by atoms with Gasteiger partial charge in [-0.2, -0.15) is 0 Å². The van der Waals surface area contributed by atoms with Crippen molar-refractivity contribution in [3.8, 4) is 0 Å². The normalized spacial score (nSPS) is 10.3. The summed E-state index contributed by atoms with van der Waals surface area (Å²) in [7, 11) is 0. The van der Waals surface area contributed by atoms with Gasteiger partial charge < -0.3 is 5.32 Å². The van der Waals surface area contributed by atoms with Gasteiger partial charge in [-0.05, 0) is 62.2 Å². The van der Waals surface area contributed by atoms with E-state index in [1.54, 1.807) is 24.3 Å². The van der Waals surface area contributed by atoms with E-state index in [4.69, 9.17) is 11.6 Å². The number of nitrogens with one attached hydrogen (secondary N) is 1. The summed E-state index contributed by atoms with van der Waals surface area (Å²) >= 11 is 12.2. The van der Waals surface area contributed by atoms with Crippen molar-refractivity contribution in [2.45, 2.75) is 0 Å². The second-order valence-corrected chi connectivity index (χ2v) is 5.82. The fourth-order valence-corrected chi connectivity index (χ4v) is 2.35. The predicted octanol–water partition coefficient (Wildman–Crippen LogP) is 5.26. The van der Waals surface area contributed by atoms with E-state index >= 15 is 0 Å². The van der Waals surface area contributed by atoms with E-state index in [-0.39, 0.29) is 10.0 Å². The quantitative estimate of drug-likeness (QED) is 0.723. The fourth-order valence-electron chi connectivity index (χ4n) is 1.46. The summed E-state index contributed by atoms with van der Waals surface area (Å²) in [6, 6.07) is 9.50. The molecule has 0 unspecified atom stereocenters. The number of hydrogen-bond donors (Lipinski definition) is 1. The molecular formula is C13H7Br2ClFNO. The van der Waals surface area contributed by atoms with Crippen molar-refractivity contribution in [1.82, 2.24) is 0 Å². The molecule has 0 radical (unpaired) electrons. The first-order valence-electron chi connectivity index (χ1n) is 5.19. The van der Waals surface area contributed by atoms with Gasteiger partial charge in [0.25, 0.3) is 5.91 Å². The zero-order chi connectivity index (χ0) is 14.0. The molecule has 0 saturated heterocycles. The molecule has 2 aromatic rings. The van der Waals surface area contributed by atoms with Crippen LogP contribution in [0.2, 0.25) is 5.02 Å². The molecule has 1 amide bonds. The Balaban J connectivity index is 2.31. The van der Waals surface area contributed by atoms with Crippen LogP contribution in [0.15, 0.2) is 45.3 Å². The second kappa shape index (κ2) is 6.03. The van der Waals surface area contributed by atoms with E-state index in [1.807, 2.05) is 0 Å². The molecule has 1 N–H and O–H groups in total. The predicted molar refractivity (Wildman–Crippen MR) is 81.2 cm³/mol. The minimum Gasteiger partial charge on any atom is -0.321 e. The number of anilines is 1. The molecule has 0 atom stereocenters. The molecule has 19 heavy (non-hydrogen) atoms. The van der Waals surface area contributed by atoms with Gasteiger partial charge >= 0.3 is 0 Å². The monoisotopic (exact) mass is 405 g/mol. The number of halogens is 4. The lowest BCUT2D eigenvalue weighted by atomic mass is 10.2. The van der Waals surface area contributed by atoms with Gasteiger partial charge in [0.1, 0.15) is 5.82 Å². The number of hydrogen-bond acceptors (Lipinski definition) is 1. The Morgan fingerprint density at radius 3 is 2.63 bits per heavy atom. The highest BCUT2D eigenvalue weighted by Crippen LogP contribution is 2.27. The SMILES string of the molecule is O=C(Nc1cc(Cl)ccc1Br)c1cccc(Br)c1F. The minimum absolute atomic E-state index is 0.0405. The Hall–Kier alpha value is -0.910. The third-order valence-electron chi connectivity index (χ3n) is 2.37. The molecule has 0 aliphatic heterocycles. The Bertz CT molecular complexity index is 649. The van der Waals surface area contributed by atoms with Crippen LogP contribution in [0.4, 0.5) is 10.1 Å². The van der Waals surface area contributed by atoms with Crippen LogP contribution < -0.4 is 5.32 Å². The van der Waals surface area contributed by atoms with Crippen molar-refractivity contribution >= 4 is 55.1 Å². The summed E-state index contributed by atoms with van der Waals surface area (Å²) in [5, 5.41) is 3.08. The van der Waals surface area contributed by atoms with Crippen molar-refractivity contribution in [2.75, 3.05) is 5.32 Å². The Kier molecular flexibility index (Phi) is 4.60. The summed E-state index contributed by atoms with van der Waals surface area (Å²) in [6.45, 7) is 0. The van der Waals surface area contributed by atoms with Crippen molar-refractivity contribution in [3.05, 3.63) is 61.7 Å². The molecule has 2 nitrogen and oxygen atoms in total. The largest absolute Gasteiger partial charge is 0.321 e. The molecule has 0 aliphatic carbocycles. The standard InChI is InChI=1S/C13H7Br2ClFNO/c14-9-5-4-7(16)6-11(9)18-13(19)8-2-1-3-10(15)12(8)17/h1-6H,(H,18,19). The van der Waals surface area contributed by atoms with Crippen LogP contribution in [-0.2, 0) is 0 Å². The van der Waals surface area contributed by atoms with Crippen molar-refractivity contribution in [1.29, 1.82) is 0 Å². The zero-order valence-corrected chi connectivity index (χ0v) is 13.3. The van der Waals surface area contributed by atoms with Crippen molar-refractivity contribution in [2.24, 2.45) is 0 Å². The van der Waals surface area contributed by atoms with Gasteiger partial charge in [-0.25, -0.2) is 4.39 Å². The topological polar surface area (TPSA) is 29.1 Å². The lowest BCUT2D eigenvalue weighted by Gasteiger charge is -2.09. The summed E-state index contributed by atoms with van der Waals surface area (Å²) in [5.74, 6) is -1.14. The molecule has 0 heterocycles. The Labute approximate surface area is 131 Å². The van der Waals surface area contributed by atoms with Gasteiger partial charge in [0, 0.05) is 9.50 Å². The lowest BCUT2D eigenvalue weighted by molar-refractivity contribution is 0.102. The van der Waals surface area contributed by atoms with Crippen LogP contribution in [0.3, 0.4) is 0 Å². The molecule has 98 valence electrons. The van der Waals surface area contributed by atoms with E-state index < -0.39 is 11.7 Å². The number of carbonyl (C=O) groups is 1. The Morgan fingerprint density at radius 2 is 1.89 bits per heavy atom. The van der Waals surface area contributed by atoms with Gasteiger partial charge in [0.15, 0.2) is 0 Å². The second-order valence-electron chi connectivity index (χ2n) is 3.68. The van der Waals surface area contributed by atoms with E-state index in [9.17, 15) is 9.18 Å². The van der Waals surface area contributed by atoms with Crippen LogP contribution in [0, 0.1) is 5.82 Å². The van der Waals surface area contributed by atoms with E-state index in [2.05, 4.69) is 37.2 Å². The maximum absolute atomic E-state index is 13.8. The van der Waals surface area contributed by atoms with E-state index in [0.29, 0.717) is 15.2 Å². The average molecular weight is 407 g/mol. The highest BCUT2D eigenvalue weighted by Gasteiger charge is 2.15. The third-order valence-corrected chi connectivity index (χ3v) is 3.91. The van der Waals surface area contributed by atoms with E-state index in [1.165, 1.54) is 12.1 Å². The van der Waals surface area contributed by atoms with Gasteiger partial charge in [0.05, 0.1) is 15.7 Å². The molecule has 0 spiro atoms. The first-order chi connectivity index (χ1) is 8.99. The van der Waals surface area contributed by atoms with E-state index in [0.717, 1.165) is 0 Å². The minimum atomic E-state index is -0.599. The van der Waals surface area contributed by atoms with Crippen LogP contribution in [0.1, 0.15) is 10.4 Å². The van der Waals surface area contributed by atoms with Crippen LogP contribution in [-0.4, -0.2) is 5.91 Å². The van der Waals surface area contributed by atoms with Crippen LogP contribution in [0.5, 0.6) is 0 Å². The highest BCUT2D eigenvalue weighted by molar-refractivity contribution is 9.10. The van der Waals surface area contributed by atoms with Gasteiger partial charge in [-0.15, -0.1) is 0 Å². The molecule has 0 aromatic heterocycles. The number of benzene rings is 2. The maximum atomic E-state index is 13.8. The zero-order valence-electron chi connectivity index (χ0n) is 9.38. The molecule has 0 fully saturated rings. The number of amides is 1. The fraction of sp³-hybridized carbons (Fsp3) is 0. The molecular weight excluding hydrogens is 400 g/mol. The molecule has 0 bridgehead atoms. The lowest BCUT2D eigenvalue weighted by Crippen LogP contribution is -2.14. The molecule has 0 aliphatic rings. The van der Waals surface area contributed by atoms with Gasteiger partial charge in [-0.3, -0.25) is 4.79 Å². The number of rotatable bonds is 2. The third kappa shape index (κ3) is 3.35. The van der Waals surface area contributed by atoms with Gasteiger partial charge in [-0.1, -0.05) is 17.7 Å². The summed E-state index contributed by atoms with van der Waals surface area (Å²) < 4.78 is 14.7. The summed E-state index contributed by atoms with van der Waals surface area (Å²) in [5.41, 5.74) is 0.443. The molecule has 0 saturated carbocycles. The average Bonchev–Trinajstić information content (AvgIpc) is 2.37. The maximum Gasteiger partial charge on any atom is 0.258 e. The number of carbonyl (C=O) groups excluding carboxylic acids is 1. The van der Waals surface area contributed by atoms with Crippen LogP contribution >= 0.6 is 43.5 Å². The van der Waals surface area contributed by atoms with Crippen molar-refractivity contribution in [3.63, 3.8) is 0 Å². The highest BCUT2D eigenvalue weighted by atomic mass is 79.9. The molecule has 2 aromatic carbocycles. The summed E-state index contributed by atoms with van der Waals surface area (Å²) in [4.78, 5) is 12.0. The first-order valence-corrected chi connectivity index (χ1v) is 7.16. The van der Waals surface area contributed by atoms with Crippen molar-refractivity contribution < 1.29 is 9.18 Å². The smallest absolute Gasteiger partial charge is 0.258 e. The van der Waals surface area contributed by atoms with Gasteiger partial charge in [0.2, 0.25) is 0 Å². The Morgan fingerprint density at radius 1 is 1.16 bits per heavy atom. The summed E-state index contributed by atoms with van der Waals surface area (Å²) in [6.07, 6.45) is 0. The molecule has 2 rings (SSSR count).